The molecule has 102 valence electrons. The van der Waals surface area contributed by atoms with E-state index in [1.54, 1.807) is 24.4 Å². The van der Waals surface area contributed by atoms with Crippen molar-refractivity contribution in [2.75, 3.05) is 5.32 Å². The molecule has 8 nitrogen and oxygen atoms in total. The molecule has 0 aromatic carbocycles. The van der Waals surface area contributed by atoms with E-state index < -0.39 is 5.97 Å². The topological polar surface area (TPSA) is 110 Å². The highest BCUT2D eigenvalue weighted by Crippen LogP contribution is 2.06. The molecule has 0 aliphatic rings. The zero-order chi connectivity index (χ0) is 14.4. The average molecular weight is 273 g/mol. The van der Waals surface area contributed by atoms with Gasteiger partial charge in [-0.1, -0.05) is 11.3 Å². The summed E-state index contributed by atoms with van der Waals surface area (Å²) in [6.45, 7) is 0.0247. The van der Waals surface area contributed by atoms with Crippen molar-refractivity contribution in [1.29, 1.82) is 0 Å². The molecule has 20 heavy (non-hydrogen) atoms. The van der Waals surface area contributed by atoms with Crippen molar-refractivity contribution in [2.24, 2.45) is 0 Å². The summed E-state index contributed by atoms with van der Waals surface area (Å²) >= 11 is 0. The molecule has 0 fully saturated rings. The fraction of sp³-hybridized carbons (Fsp3) is 0.0833. The number of carboxylic acids is 1. The smallest absolute Gasteiger partial charge is 0.328 e. The summed E-state index contributed by atoms with van der Waals surface area (Å²) in [7, 11) is 0. The molecule has 8 heteroatoms. The Morgan fingerprint density at radius 2 is 2.25 bits per heavy atom. The summed E-state index contributed by atoms with van der Waals surface area (Å²) in [5.74, 6) is -1.03. The molecular formula is C12H11N5O3. The zero-order valence-electron chi connectivity index (χ0n) is 10.3. The molecule has 0 saturated carbocycles. The third-order valence-corrected chi connectivity index (χ3v) is 2.21. The zero-order valence-corrected chi connectivity index (χ0v) is 10.3. The fourth-order valence-electron chi connectivity index (χ4n) is 1.42. The van der Waals surface area contributed by atoms with Gasteiger partial charge in [0.2, 0.25) is 5.91 Å². The quantitative estimate of drug-likeness (QED) is 0.763. The van der Waals surface area contributed by atoms with E-state index in [4.69, 9.17) is 5.11 Å². The number of pyridine rings is 1. The Hall–Kier alpha value is -3.03. The van der Waals surface area contributed by atoms with Crippen LogP contribution in [0.5, 0.6) is 0 Å². The normalized spacial score (nSPS) is 10.6. The first kappa shape index (κ1) is 13.4. The number of rotatable bonds is 5. The van der Waals surface area contributed by atoms with Crippen molar-refractivity contribution in [3.63, 3.8) is 0 Å². The van der Waals surface area contributed by atoms with Gasteiger partial charge in [-0.05, 0) is 18.2 Å². The SMILES string of the molecule is O=C(O)/C=C/c1cccc(NC(=O)Cn2ccnn2)n1. The predicted molar refractivity (Wildman–Crippen MR) is 69.6 cm³/mol. The maximum Gasteiger partial charge on any atom is 0.328 e. The number of carbonyl (C=O) groups excluding carboxylic acids is 1. The fourth-order valence-corrected chi connectivity index (χ4v) is 1.42. The molecule has 0 aliphatic carbocycles. The van der Waals surface area contributed by atoms with Crippen LogP contribution in [-0.2, 0) is 16.1 Å². The van der Waals surface area contributed by atoms with Crippen LogP contribution in [0.1, 0.15) is 5.69 Å². The maximum absolute atomic E-state index is 11.7. The minimum absolute atomic E-state index is 0.0247. The number of anilines is 1. The summed E-state index contributed by atoms with van der Waals surface area (Å²) in [6.07, 6.45) is 5.36. The van der Waals surface area contributed by atoms with Crippen LogP contribution in [0.4, 0.5) is 5.82 Å². The molecule has 2 aromatic rings. The molecular weight excluding hydrogens is 262 g/mol. The standard InChI is InChI=1S/C12H11N5O3/c18-11(8-17-7-6-13-16-17)15-10-3-1-2-9(14-10)4-5-12(19)20/h1-7H,8H2,(H,19,20)(H,14,15,18)/b5-4+. The molecule has 0 saturated heterocycles. The van der Waals surface area contributed by atoms with Gasteiger partial charge >= 0.3 is 5.97 Å². The Morgan fingerprint density at radius 1 is 1.40 bits per heavy atom. The molecule has 2 heterocycles. The monoisotopic (exact) mass is 273 g/mol. The second-order valence-electron chi connectivity index (χ2n) is 3.77. The number of nitrogens with zero attached hydrogens (tertiary/aromatic N) is 4. The number of amides is 1. The van der Waals surface area contributed by atoms with Crippen LogP contribution in [0.3, 0.4) is 0 Å². The average Bonchev–Trinajstić information content (AvgIpc) is 2.89. The molecule has 2 N–H and O–H groups in total. The molecule has 2 aromatic heterocycles. The van der Waals surface area contributed by atoms with Crippen molar-refractivity contribution >= 4 is 23.8 Å². The van der Waals surface area contributed by atoms with Gasteiger partial charge in [0.15, 0.2) is 0 Å². The van der Waals surface area contributed by atoms with E-state index >= 15 is 0 Å². The summed E-state index contributed by atoms with van der Waals surface area (Å²) in [5, 5.41) is 18.4. The van der Waals surface area contributed by atoms with Gasteiger partial charge in [-0.2, -0.15) is 0 Å². The van der Waals surface area contributed by atoms with Crippen molar-refractivity contribution in [1.82, 2.24) is 20.0 Å². The van der Waals surface area contributed by atoms with Crippen molar-refractivity contribution in [3.8, 4) is 0 Å². The van der Waals surface area contributed by atoms with Crippen LogP contribution >= 0.6 is 0 Å². The van der Waals surface area contributed by atoms with Crippen LogP contribution in [0.25, 0.3) is 6.08 Å². The van der Waals surface area contributed by atoms with Crippen molar-refractivity contribution < 1.29 is 14.7 Å². The van der Waals surface area contributed by atoms with Crippen molar-refractivity contribution in [2.45, 2.75) is 6.54 Å². The molecule has 0 radical (unpaired) electrons. The van der Waals surface area contributed by atoms with Gasteiger partial charge in [-0.25, -0.2) is 14.5 Å². The number of hydrogen-bond acceptors (Lipinski definition) is 5. The van der Waals surface area contributed by atoms with E-state index in [1.807, 2.05) is 0 Å². The Bertz CT molecular complexity index is 636. The third-order valence-electron chi connectivity index (χ3n) is 2.21. The highest BCUT2D eigenvalue weighted by molar-refractivity contribution is 5.89. The second-order valence-corrected chi connectivity index (χ2v) is 3.77. The maximum atomic E-state index is 11.7. The molecule has 0 aliphatic heterocycles. The van der Waals surface area contributed by atoms with Gasteiger partial charge in [0.05, 0.1) is 11.9 Å². The van der Waals surface area contributed by atoms with Gasteiger partial charge in [-0.3, -0.25) is 4.79 Å². The van der Waals surface area contributed by atoms with Gasteiger partial charge < -0.3 is 10.4 Å². The number of hydrogen-bond donors (Lipinski definition) is 2. The first-order valence-electron chi connectivity index (χ1n) is 5.65. The second kappa shape index (κ2) is 6.23. The van der Waals surface area contributed by atoms with Crippen LogP contribution in [0, 0.1) is 0 Å². The van der Waals surface area contributed by atoms with Gasteiger partial charge in [0.1, 0.15) is 12.4 Å². The van der Waals surface area contributed by atoms with Crippen LogP contribution in [0.15, 0.2) is 36.7 Å². The van der Waals surface area contributed by atoms with Gasteiger partial charge in [0.25, 0.3) is 0 Å². The largest absolute Gasteiger partial charge is 0.478 e. The molecule has 2 rings (SSSR count). The Kier molecular flexibility index (Phi) is 4.17. The highest BCUT2D eigenvalue weighted by atomic mass is 16.4. The lowest BCUT2D eigenvalue weighted by Crippen LogP contribution is -2.19. The number of carboxylic acid groups (broad SMARTS) is 1. The third kappa shape index (κ3) is 4.02. The van der Waals surface area contributed by atoms with E-state index in [2.05, 4.69) is 20.6 Å². The summed E-state index contributed by atoms with van der Waals surface area (Å²) in [5.41, 5.74) is 0.436. The number of aliphatic carboxylic acids is 1. The lowest BCUT2D eigenvalue weighted by molar-refractivity contribution is -0.131. The van der Waals surface area contributed by atoms with Crippen LogP contribution in [0.2, 0.25) is 0 Å². The van der Waals surface area contributed by atoms with E-state index in [9.17, 15) is 9.59 Å². The first-order chi connectivity index (χ1) is 9.63. The Morgan fingerprint density at radius 3 is 2.95 bits per heavy atom. The minimum atomic E-state index is -1.06. The van der Waals surface area contributed by atoms with Gasteiger partial charge in [0, 0.05) is 12.3 Å². The van der Waals surface area contributed by atoms with Crippen LogP contribution < -0.4 is 5.32 Å². The van der Waals surface area contributed by atoms with Crippen molar-refractivity contribution in [3.05, 3.63) is 42.4 Å². The van der Waals surface area contributed by atoms with Gasteiger partial charge in [-0.15, -0.1) is 5.10 Å². The molecule has 1 amide bonds. The summed E-state index contributed by atoms with van der Waals surface area (Å²) < 4.78 is 1.38. The Balaban J connectivity index is 2.00. The molecule has 0 atom stereocenters. The van der Waals surface area contributed by atoms with E-state index in [0.717, 1.165) is 6.08 Å². The number of aromatic nitrogens is 4. The lowest BCUT2D eigenvalue weighted by atomic mass is 10.3. The predicted octanol–water partition coefficient (Wildman–Crippen LogP) is 0.410. The first-order valence-corrected chi connectivity index (χ1v) is 5.65. The summed E-state index contributed by atoms with van der Waals surface area (Å²) in [4.78, 5) is 26.2. The minimum Gasteiger partial charge on any atom is -0.478 e. The molecule has 0 bridgehead atoms. The number of carbonyl (C=O) groups is 2. The summed E-state index contributed by atoms with van der Waals surface area (Å²) in [6, 6.07) is 4.91. The van der Waals surface area contributed by atoms with E-state index in [0.29, 0.717) is 11.5 Å². The van der Waals surface area contributed by atoms with Crippen LogP contribution in [-0.4, -0.2) is 37.0 Å². The molecule has 0 unspecified atom stereocenters. The Labute approximate surface area is 113 Å². The van der Waals surface area contributed by atoms with E-state index in [1.165, 1.54) is 17.0 Å². The highest BCUT2D eigenvalue weighted by Gasteiger charge is 2.05. The number of nitrogens with one attached hydrogen (secondary N) is 1. The lowest BCUT2D eigenvalue weighted by Gasteiger charge is -2.04. The van der Waals surface area contributed by atoms with E-state index in [-0.39, 0.29) is 12.5 Å². The molecule has 0 spiro atoms.